The Morgan fingerprint density at radius 2 is 1.89 bits per heavy atom. The smallest absolute Gasteiger partial charge is 0.245 e. The fraction of sp³-hybridized carbons (Fsp3) is 0.385. The number of H-pyrrole nitrogens is 1. The van der Waals surface area contributed by atoms with Crippen LogP contribution >= 0.6 is 0 Å². The Morgan fingerprint density at radius 1 is 1.21 bits per heavy atom. The average molecular weight is 259 g/mol. The van der Waals surface area contributed by atoms with E-state index in [1.54, 1.807) is 0 Å². The lowest BCUT2D eigenvalue weighted by atomic mass is 10.1. The third-order valence-corrected chi connectivity index (χ3v) is 3.41. The van der Waals surface area contributed by atoms with Gasteiger partial charge in [-0.3, -0.25) is 5.10 Å². The summed E-state index contributed by atoms with van der Waals surface area (Å²) in [7, 11) is 0. The summed E-state index contributed by atoms with van der Waals surface area (Å²) in [5.41, 5.74) is 7.35. The molecule has 6 nitrogen and oxygen atoms in total. The molecule has 1 aliphatic heterocycles. The van der Waals surface area contributed by atoms with Crippen LogP contribution < -0.4 is 10.6 Å². The van der Waals surface area contributed by atoms with Crippen LogP contribution in [0.5, 0.6) is 0 Å². The second-order valence-electron chi connectivity index (χ2n) is 4.82. The van der Waals surface area contributed by atoms with Gasteiger partial charge in [-0.05, 0) is 37.1 Å². The molecule has 0 aliphatic carbocycles. The van der Waals surface area contributed by atoms with Gasteiger partial charge in [0, 0.05) is 24.3 Å². The van der Waals surface area contributed by atoms with Crippen LogP contribution in [-0.4, -0.2) is 39.5 Å². The third kappa shape index (κ3) is 2.53. The highest BCUT2D eigenvalue weighted by Crippen LogP contribution is 2.21. The van der Waals surface area contributed by atoms with E-state index in [0.29, 0.717) is 5.95 Å². The number of nitrogens with zero attached hydrogens (tertiary/aromatic N) is 3. The molecule has 19 heavy (non-hydrogen) atoms. The minimum Gasteiger partial charge on any atom is -0.399 e. The number of aliphatic hydroxyl groups excluding tert-OH is 1. The fourth-order valence-corrected chi connectivity index (χ4v) is 2.23. The maximum atomic E-state index is 9.50. The largest absolute Gasteiger partial charge is 0.399 e. The van der Waals surface area contributed by atoms with Crippen molar-refractivity contribution in [2.24, 2.45) is 0 Å². The molecule has 3 rings (SSSR count). The fourth-order valence-electron chi connectivity index (χ4n) is 2.23. The van der Waals surface area contributed by atoms with Gasteiger partial charge >= 0.3 is 0 Å². The molecule has 0 unspecified atom stereocenters. The number of nitrogens with one attached hydrogen (secondary N) is 1. The summed E-state index contributed by atoms with van der Waals surface area (Å²) in [6.45, 7) is 1.58. The van der Waals surface area contributed by atoms with Gasteiger partial charge in [0.05, 0.1) is 6.10 Å². The van der Waals surface area contributed by atoms with E-state index in [1.165, 1.54) is 0 Å². The molecule has 0 amide bonds. The second kappa shape index (κ2) is 4.89. The summed E-state index contributed by atoms with van der Waals surface area (Å²) < 4.78 is 0. The Hall–Kier alpha value is -2.08. The van der Waals surface area contributed by atoms with Crippen molar-refractivity contribution in [3.8, 4) is 11.4 Å². The average Bonchev–Trinajstić information content (AvgIpc) is 2.90. The highest BCUT2D eigenvalue weighted by molar-refractivity contribution is 5.59. The molecule has 0 saturated carbocycles. The molecule has 1 fully saturated rings. The first-order valence-corrected chi connectivity index (χ1v) is 6.44. The first kappa shape index (κ1) is 12.0. The number of rotatable bonds is 2. The van der Waals surface area contributed by atoms with Gasteiger partial charge in [0.2, 0.25) is 5.95 Å². The predicted molar refractivity (Wildman–Crippen MR) is 73.7 cm³/mol. The minimum atomic E-state index is -0.188. The van der Waals surface area contributed by atoms with Crippen LogP contribution in [0.15, 0.2) is 24.3 Å². The molecule has 0 bridgehead atoms. The zero-order chi connectivity index (χ0) is 13.2. The van der Waals surface area contributed by atoms with Crippen molar-refractivity contribution in [3.05, 3.63) is 24.3 Å². The van der Waals surface area contributed by atoms with E-state index < -0.39 is 0 Å². The Morgan fingerprint density at radius 3 is 2.58 bits per heavy atom. The molecule has 1 aromatic heterocycles. The lowest BCUT2D eigenvalue weighted by molar-refractivity contribution is 0.145. The molecule has 1 saturated heterocycles. The summed E-state index contributed by atoms with van der Waals surface area (Å²) in [4.78, 5) is 6.58. The van der Waals surface area contributed by atoms with Gasteiger partial charge in [-0.25, -0.2) is 0 Å². The van der Waals surface area contributed by atoms with Crippen molar-refractivity contribution in [1.82, 2.24) is 15.2 Å². The molecule has 0 atom stereocenters. The lowest BCUT2D eigenvalue weighted by Crippen LogP contribution is -2.36. The van der Waals surface area contributed by atoms with Gasteiger partial charge in [-0.2, -0.15) is 4.98 Å². The van der Waals surface area contributed by atoms with E-state index in [0.717, 1.165) is 43.0 Å². The SMILES string of the molecule is Nc1ccc(-c2nc(N3CCC(O)CC3)n[nH]2)cc1. The minimum absolute atomic E-state index is 0.188. The Kier molecular flexibility index (Phi) is 3.08. The van der Waals surface area contributed by atoms with E-state index in [1.807, 2.05) is 24.3 Å². The normalized spacial score (nSPS) is 16.8. The molecular weight excluding hydrogens is 242 g/mol. The van der Waals surface area contributed by atoms with Crippen molar-refractivity contribution in [1.29, 1.82) is 0 Å². The van der Waals surface area contributed by atoms with E-state index in [9.17, 15) is 5.11 Å². The molecule has 1 aromatic carbocycles. The first-order valence-electron chi connectivity index (χ1n) is 6.44. The monoisotopic (exact) mass is 259 g/mol. The molecule has 6 heteroatoms. The van der Waals surface area contributed by atoms with Gasteiger partial charge < -0.3 is 15.7 Å². The molecule has 2 aromatic rings. The number of aromatic nitrogens is 3. The zero-order valence-electron chi connectivity index (χ0n) is 10.6. The number of nitrogen functional groups attached to an aromatic ring is 1. The Labute approximate surface area is 111 Å². The summed E-state index contributed by atoms with van der Waals surface area (Å²) in [5.74, 6) is 1.43. The number of benzene rings is 1. The molecule has 4 N–H and O–H groups in total. The third-order valence-electron chi connectivity index (χ3n) is 3.41. The van der Waals surface area contributed by atoms with Crippen LogP contribution in [-0.2, 0) is 0 Å². The summed E-state index contributed by atoms with van der Waals surface area (Å²) in [6, 6.07) is 7.52. The Bertz CT molecular complexity index is 542. The van der Waals surface area contributed by atoms with Crippen molar-refractivity contribution >= 4 is 11.6 Å². The molecule has 2 heterocycles. The topological polar surface area (TPSA) is 91.1 Å². The van der Waals surface area contributed by atoms with Gasteiger partial charge in [-0.1, -0.05) is 0 Å². The molecular formula is C13H17N5O. The molecule has 1 aliphatic rings. The number of hydrogen-bond donors (Lipinski definition) is 3. The van der Waals surface area contributed by atoms with Crippen LogP contribution in [0.25, 0.3) is 11.4 Å². The summed E-state index contributed by atoms with van der Waals surface area (Å²) >= 11 is 0. The quantitative estimate of drug-likeness (QED) is 0.700. The number of nitrogens with two attached hydrogens (primary N) is 1. The van der Waals surface area contributed by atoms with E-state index >= 15 is 0 Å². The Balaban J connectivity index is 1.77. The zero-order valence-corrected chi connectivity index (χ0v) is 10.6. The number of piperidine rings is 1. The van der Waals surface area contributed by atoms with Gasteiger partial charge in [0.25, 0.3) is 0 Å². The van der Waals surface area contributed by atoms with Crippen LogP contribution in [0, 0.1) is 0 Å². The summed E-state index contributed by atoms with van der Waals surface area (Å²) in [5, 5.41) is 16.7. The van der Waals surface area contributed by atoms with Crippen molar-refractivity contribution < 1.29 is 5.11 Å². The molecule has 0 radical (unpaired) electrons. The number of hydrogen-bond acceptors (Lipinski definition) is 5. The number of aromatic amines is 1. The summed E-state index contributed by atoms with van der Waals surface area (Å²) in [6.07, 6.45) is 1.35. The van der Waals surface area contributed by atoms with E-state index in [-0.39, 0.29) is 6.10 Å². The highest BCUT2D eigenvalue weighted by Gasteiger charge is 2.20. The van der Waals surface area contributed by atoms with Gasteiger partial charge in [0.1, 0.15) is 0 Å². The predicted octanol–water partition coefficient (Wildman–Crippen LogP) is 1.01. The van der Waals surface area contributed by atoms with E-state index in [4.69, 9.17) is 5.73 Å². The van der Waals surface area contributed by atoms with Crippen LogP contribution in [0.2, 0.25) is 0 Å². The highest BCUT2D eigenvalue weighted by atomic mass is 16.3. The van der Waals surface area contributed by atoms with Crippen LogP contribution in [0.4, 0.5) is 11.6 Å². The van der Waals surface area contributed by atoms with Gasteiger partial charge in [0.15, 0.2) is 5.82 Å². The van der Waals surface area contributed by atoms with Gasteiger partial charge in [-0.15, -0.1) is 5.10 Å². The molecule has 100 valence electrons. The maximum Gasteiger partial charge on any atom is 0.245 e. The standard InChI is InChI=1S/C13H17N5O/c14-10-3-1-9(2-4-10)12-15-13(17-16-12)18-7-5-11(19)6-8-18/h1-4,11,19H,5-8,14H2,(H,15,16,17). The lowest BCUT2D eigenvalue weighted by Gasteiger charge is -2.28. The second-order valence-corrected chi connectivity index (χ2v) is 4.82. The first-order chi connectivity index (χ1) is 9.22. The maximum absolute atomic E-state index is 9.50. The van der Waals surface area contributed by atoms with E-state index in [2.05, 4.69) is 20.1 Å². The van der Waals surface area contributed by atoms with Crippen molar-refractivity contribution in [2.45, 2.75) is 18.9 Å². The molecule has 0 spiro atoms. The van der Waals surface area contributed by atoms with Crippen molar-refractivity contribution in [3.63, 3.8) is 0 Å². The van der Waals surface area contributed by atoms with Crippen LogP contribution in [0.1, 0.15) is 12.8 Å². The number of aliphatic hydroxyl groups is 1. The number of anilines is 2. The van der Waals surface area contributed by atoms with Crippen molar-refractivity contribution in [2.75, 3.05) is 23.7 Å². The van der Waals surface area contributed by atoms with Crippen LogP contribution in [0.3, 0.4) is 0 Å².